The van der Waals surface area contributed by atoms with Gasteiger partial charge in [0.1, 0.15) is 12.4 Å². The highest BCUT2D eigenvalue weighted by atomic mass is 16.5. The summed E-state index contributed by atoms with van der Waals surface area (Å²) in [6, 6.07) is 5.84. The molecule has 0 spiro atoms. The Morgan fingerprint density at radius 2 is 2.10 bits per heavy atom. The zero-order valence-corrected chi connectivity index (χ0v) is 19.7. The van der Waals surface area contributed by atoms with Crippen LogP contribution in [0.1, 0.15) is 39.3 Å². The predicted molar refractivity (Wildman–Crippen MR) is 127 cm³/mol. The van der Waals surface area contributed by atoms with E-state index in [1.807, 2.05) is 31.3 Å². The van der Waals surface area contributed by atoms with Gasteiger partial charge in [0.05, 0.1) is 30.8 Å². The molecule has 31 heavy (non-hydrogen) atoms. The van der Waals surface area contributed by atoms with Crippen LogP contribution in [0.3, 0.4) is 0 Å². The standard InChI is InChI=1S/C15H18N4O2.C6H15N.C2H6O/c1-2-18(11-20)13-3-4-15-14(7-13)19(5-6-21-15)9-12-8-16-10-17-12;1-3-5-6-7-4-2;1-3-2/h3-4,7-8,10-11H,2,5-6,9H2,1H3,(H,16,17);7H,3-6H2,1-2H3;1-2H3. The molecule has 2 N–H and O–H groups in total. The van der Waals surface area contributed by atoms with Crippen molar-refractivity contribution in [3.63, 3.8) is 0 Å². The van der Waals surface area contributed by atoms with Crippen molar-refractivity contribution in [2.45, 2.75) is 40.2 Å². The van der Waals surface area contributed by atoms with Crippen molar-refractivity contribution in [2.24, 2.45) is 0 Å². The summed E-state index contributed by atoms with van der Waals surface area (Å²) in [6.07, 6.45) is 6.96. The normalized spacial score (nSPS) is 11.8. The van der Waals surface area contributed by atoms with E-state index in [0.717, 1.165) is 48.9 Å². The second-order valence-electron chi connectivity index (χ2n) is 7.01. The van der Waals surface area contributed by atoms with E-state index in [4.69, 9.17) is 4.74 Å². The Kier molecular flexibility index (Phi) is 13.8. The molecule has 0 atom stereocenters. The first-order valence-corrected chi connectivity index (χ1v) is 11.0. The fraction of sp³-hybridized carbons (Fsp3) is 0.565. The summed E-state index contributed by atoms with van der Waals surface area (Å²) in [5.41, 5.74) is 2.94. The summed E-state index contributed by atoms with van der Waals surface area (Å²) < 4.78 is 9.95. The Labute approximate surface area is 186 Å². The van der Waals surface area contributed by atoms with Crippen LogP contribution in [0, 0.1) is 0 Å². The number of nitrogens with one attached hydrogen (secondary N) is 2. The number of carbonyl (C=O) groups excluding carboxylic acids is 1. The van der Waals surface area contributed by atoms with Gasteiger partial charge in [-0.2, -0.15) is 0 Å². The lowest BCUT2D eigenvalue weighted by molar-refractivity contribution is -0.107. The Bertz CT molecular complexity index is 705. The molecule has 1 aliphatic rings. The number of H-pyrrole nitrogens is 1. The zero-order valence-electron chi connectivity index (χ0n) is 19.7. The quantitative estimate of drug-likeness (QED) is 0.466. The molecule has 1 amide bonds. The third-order valence-corrected chi connectivity index (χ3v) is 4.57. The molecule has 0 bridgehead atoms. The number of unbranched alkanes of at least 4 members (excludes halogenated alkanes) is 1. The van der Waals surface area contributed by atoms with Gasteiger partial charge in [0.15, 0.2) is 0 Å². The maximum atomic E-state index is 11.1. The van der Waals surface area contributed by atoms with E-state index in [9.17, 15) is 4.79 Å². The third-order valence-electron chi connectivity index (χ3n) is 4.57. The van der Waals surface area contributed by atoms with Crippen LogP contribution in [0.25, 0.3) is 0 Å². The number of anilines is 2. The van der Waals surface area contributed by atoms with Gasteiger partial charge in [0.2, 0.25) is 6.41 Å². The van der Waals surface area contributed by atoms with Gasteiger partial charge in [-0.15, -0.1) is 0 Å². The van der Waals surface area contributed by atoms with E-state index in [2.05, 4.69) is 38.8 Å². The second-order valence-corrected chi connectivity index (χ2v) is 7.01. The van der Waals surface area contributed by atoms with Gasteiger partial charge >= 0.3 is 0 Å². The molecule has 0 fully saturated rings. The Morgan fingerprint density at radius 1 is 1.32 bits per heavy atom. The third kappa shape index (κ3) is 9.40. The van der Waals surface area contributed by atoms with Crippen LogP contribution in [0.2, 0.25) is 0 Å². The summed E-state index contributed by atoms with van der Waals surface area (Å²) >= 11 is 0. The van der Waals surface area contributed by atoms with Gasteiger partial charge in [-0.25, -0.2) is 4.98 Å². The number of benzene rings is 1. The SMILES string of the molecule is CCCCNCC.CCN(C=O)c1ccc2c(c1)N(Cc1cnc[nH]1)CCO2.COC. The molecule has 174 valence electrons. The number of fused-ring (bicyclic) bond motifs is 1. The number of rotatable bonds is 9. The highest BCUT2D eigenvalue weighted by Gasteiger charge is 2.20. The molecule has 8 nitrogen and oxygen atoms in total. The number of nitrogens with zero attached hydrogens (tertiary/aromatic N) is 3. The topological polar surface area (TPSA) is 82.7 Å². The molecule has 0 saturated carbocycles. The van der Waals surface area contributed by atoms with Crippen LogP contribution in [0.15, 0.2) is 30.7 Å². The van der Waals surface area contributed by atoms with Crippen LogP contribution in [0.4, 0.5) is 11.4 Å². The Balaban J connectivity index is 0.000000406. The lowest BCUT2D eigenvalue weighted by atomic mass is 10.2. The van der Waals surface area contributed by atoms with E-state index in [1.54, 1.807) is 25.4 Å². The van der Waals surface area contributed by atoms with Crippen LogP contribution in [0.5, 0.6) is 5.75 Å². The van der Waals surface area contributed by atoms with Crippen LogP contribution >= 0.6 is 0 Å². The molecule has 2 aromatic rings. The van der Waals surface area contributed by atoms with Crippen LogP contribution in [-0.2, 0) is 16.1 Å². The Hall–Kier alpha value is -2.58. The first-order valence-electron chi connectivity index (χ1n) is 11.0. The zero-order chi connectivity index (χ0) is 22.9. The molecular weight excluding hydrogens is 394 g/mol. The van der Waals surface area contributed by atoms with Gasteiger partial charge in [-0.1, -0.05) is 20.3 Å². The molecule has 0 aliphatic carbocycles. The smallest absolute Gasteiger partial charge is 0.214 e. The minimum atomic E-state index is 0.643. The number of hydrogen-bond acceptors (Lipinski definition) is 6. The van der Waals surface area contributed by atoms with Gasteiger partial charge in [0, 0.05) is 32.6 Å². The number of imidazole rings is 1. The number of aromatic nitrogens is 2. The highest BCUT2D eigenvalue weighted by Crippen LogP contribution is 2.35. The van der Waals surface area contributed by atoms with Crippen molar-refractivity contribution in [1.29, 1.82) is 0 Å². The van der Waals surface area contributed by atoms with Crippen molar-refractivity contribution in [3.8, 4) is 5.75 Å². The van der Waals surface area contributed by atoms with E-state index in [1.165, 1.54) is 19.4 Å². The minimum absolute atomic E-state index is 0.643. The molecule has 0 unspecified atom stereocenters. The van der Waals surface area contributed by atoms with Crippen LogP contribution < -0.4 is 19.9 Å². The average Bonchev–Trinajstić information content (AvgIpc) is 3.30. The van der Waals surface area contributed by atoms with E-state index < -0.39 is 0 Å². The van der Waals surface area contributed by atoms with Gasteiger partial charge in [0.25, 0.3) is 0 Å². The van der Waals surface area contributed by atoms with E-state index >= 15 is 0 Å². The number of hydrogen-bond donors (Lipinski definition) is 2. The van der Waals surface area contributed by atoms with E-state index in [0.29, 0.717) is 13.2 Å². The summed E-state index contributed by atoms with van der Waals surface area (Å²) in [7, 11) is 3.25. The molecule has 0 radical (unpaired) electrons. The number of amides is 1. The molecule has 0 saturated heterocycles. The average molecular weight is 434 g/mol. The summed E-state index contributed by atoms with van der Waals surface area (Å²) in [4.78, 5) is 22.2. The number of carbonyl (C=O) groups is 1. The monoisotopic (exact) mass is 433 g/mol. The Morgan fingerprint density at radius 3 is 2.68 bits per heavy atom. The van der Waals surface area contributed by atoms with Crippen LogP contribution in [-0.4, -0.2) is 63.4 Å². The summed E-state index contributed by atoms with van der Waals surface area (Å²) in [5.74, 6) is 0.853. The maximum absolute atomic E-state index is 11.1. The summed E-state index contributed by atoms with van der Waals surface area (Å²) in [5, 5.41) is 3.25. The van der Waals surface area contributed by atoms with Crippen molar-refractivity contribution >= 4 is 17.8 Å². The van der Waals surface area contributed by atoms with E-state index in [-0.39, 0.29) is 0 Å². The summed E-state index contributed by atoms with van der Waals surface area (Å²) in [6.45, 7) is 11.4. The van der Waals surface area contributed by atoms with Gasteiger partial charge in [-0.3, -0.25) is 4.79 Å². The molecule has 8 heteroatoms. The first-order chi connectivity index (χ1) is 15.1. The number of ether oxygens (including phenoxy) is 2. The van der Waals surface area contributed by atoms with Crippen molar-refractivity contribution in [1.82, 2.24) is 15.3 Å². The molecule has 2 heterocycles. The lowest BCUT2D eigenvalue weighted by Gasteiger charge is -2.32. The molecule has 1 aromatic carbocycles. The number of aromatic amines is 1. The number of methoxy groups -OCH3 is 1. The minimum Gasteiger partial charge on any atom is -0.490 e. The van der Waals surface area contributed by atoms with Gasteiger partial charge < -0.3 is 29.6 Å². The fourth-order valence-electron chi connectivity index (χ4n) is 2.98. The maximum Gasteiger partial charge on any atom is 0.214 e. The van der Waals surface area contributed by atoms with Crippen molar-refractivity contribution in [3.05, 3.63) is 36.4 Å². The molecular formula is C23H39N5O3. The molecule has 1 aliphatic heterocycles. The highest BCUT2D eigenvalue weighted by molar-refractivity contribution is 5.79. The predicted octanol–water partition coefficient (Wildman–Crippen LogP) is 3.45. The van der Waals surface area contributed by atoms with Crippen molar-refractivity contribution in [2.75, 3.05) is 56.8 Å². The van der Waals surface area contributed by atoms with Crippen molar-refractivity contribution < 1.29 is 14.3 Å². The lowest BCUT2D eigenvalue weighted by Crippen LogP contribution is -2.32. The van der Waals surface area contributed by atoms with Gasteiger partial charge in [-0.05, 0) is 44.6 Å². The largest absolute Gasteiger partial charge is 0.490 e. The second kappa shape index (κ2) is 16.2. The molecule has 3 rings (SSSR count). The molecule has 1 aromatic heterocycles. The first kappa shape index (κ1) is 26.5. The fourth-order valence-corrected chi connectivity index (χ4v) is 2.98.